The Hall–Kier alpha value is -1.01. The van der Waals surface area contributed by atoms with Crippen LogP contribution in [0, 0.1) is 23.7 Å². The Kier molecular flexibility index (Phi) is 13.2. The second-order valence-corrected chi connectivity index (χ2v) is 16.7. The average molecular weight is 719 g/mol. The molecule has 14 heteroatoms. The van der Waals surface area contributed by atoms with E-state index in [4.69, 9.17) is 28.4 Å². The predicted molar refractivity (Wildman–Crippen MR) is 183 cm³/mol. The van der Waals surface area contributed by atoms with Gasteiger partial charge in [0.1, 0.15) is 30.0 Å². The Morgan fingerprint density at radius 1 is 0.920 bits per heavy atom. The minimum Gasteiger partial charge on any atom is -0.458 e. The third-order valence-corrected chi connectivity index (χ3v) is 12.1. The molecule has 4 aliphatic rings. The van der Waals surface area contributed by atoms with Crippen LogP contribution < -0.4 is 5.32 Å². The molecule has 0 aromatic heterocycles. The Morgan fingerprint density at radius 2 is 1.56 bits per heavy atom. The largest absolute Gasteiger partial charge is 0.458 e. The lowest BCUT2D eigenvalue weighted by Gasteiger charge is -2.48. The molecule has 0 spiro atoms. The first kappa shape index (κ1) is 41.7. The van der Waals surface area contributed by atoms with Crippen LogP contribution in [-0.2, 0) is 33.2 Å². The van der Waals surface area contributed by atoms with Crippen LogP contribution in [0.5, 0.6) is 0 Å². The number of ether oxygens (including phenoxy) is 6. The van der Waals surface area contributed by atoms with Crippen molar-refractivity contribution in [2.75, 3.05) is 27.7 Å². The lowest BCUT2D eigenvalue weighted by molar-refractivity contribution is -0.317. The molecule has 292 valence electrons. The second-order valence-electron chi connectivity index (χ2n) is 16.7. The van der Waals surface area contributed by atoms with Gasteiger partial charge in [0.2, 0.25) is 0 Å². The van der Waals surface area contributed by atoms with E-state index >= 15 is 0 Å². The van der Waals surface area contributed by atoms with Crippen molar-refractivity contribution in [3.05, 3.63) is 0 Å². The van der Waals surface area contributed by atoms with Crippen molar-refractivity contribution in [1.29, 1.82) is 0 Å². The zero-order valence-electron chi connectivity index (χ0n) is 32.1. The number of fused-ring (bicyclic) bond motifs is 1. The number of aliphatic hydroxyl groups excluding tert-OH is 3. The average Bonchev–Trinajstić information content (AvgIpc) is 3.57. The zero-order valence-corrected chi connectivity index (χ0v) is 32.1. The van der Waals surface area contributed by atoms with Gasteiger partial charge in [-0.15, -0.1) is 0 Å². The summed E-state index contributed by atoms with van der Waals surface area (Å²) in [6.07, 6.45) is -8.17. The van der Waals surface area contributed by atoms with Gasteiger partial charge in [-0.1, -0.05) is 20.8 Å². The molecule has 3 aliphatic heterocycles. The highest BCUT2D eigenvalue weighted by Crippen LogP contribution is 2.50. The Balaban J connectivity index is 1.76. The standard InChI is InChI=1S/C36H66N2O12/c1-17-14-34(8,43)30(50-33-26(39)24(38(10)11)13-18(2)46-33)19(3)27(48-25-15-35(9,45-12)29(41)23(7)47-25)20(4)32(42)49-31-21(5)36(31,44)28(40)22(6)37-16-17/h17-31,33,37,39-41,43-44H,13-16H2,1-12H3/t17-,18+,19-,20+,21?,22+,23-,24-,25-,26+,27-,28+,29-,30+,31+,33-,34?,35+,36-/m0/s1. The minimum absolute atomic E-state index is 0.139. The van der Waals surface area contributed by atoms with Crippen LogP contribution in [-0.4, -0.2) is 154 Å². The molecule has 6 N–H and O–H groups in total. The molecule has 3 saturated heterocycles. The van der Waals surface area contributed by atoms with Crippen LogP contribution >= 0.6 is 0 Å². The highest BCUT2D eigenvalue weighted by Gasteiger charge is 2.69. The highest BCUT2D eigenvalue weighted by atomic mass is 16.7. The van der Waals surface area contributed by atoms with Gasteiger partial charge in [0, 0.05) is 37.5 Å². The summed E-state index contributed by atoms with van der Waals surface area (Å²) in [6, 6.07) is -0.813. The summed E-state index contributed by atoms with van der Waals surface area (Å²) < 4.78 is 37.2. The van der Waals surface area contributed by atoms with Crippen molar-refractivity contribution < 1.29 is 58.7 Å². The molecule has 4 fully saturated rings. The number of likely N-dealkylation sites (N-methyl/N-ethyl adjacent to an activating group) is 1. The number of nitrogens with zero attached hydrogens (tertiary/aromatic N) is 1. The molecule has 1 aliphatic carbocycles. The predicted octanol–water partition coefficient (Wildman–Crippen LogP) is 0.778. The van der Waals surface area contributed by atoms with Gasteiger partial charge in [-0.3, -0.25) is 4.79 Å². The fraction of sp³-hybridized carbons (Fsp3) is 0.972. The smallest absolute Gasteiger partial charge is 0.311 e. The first-order valence-electron chi connectivity index (χ1n) is 18.3. The van der Waals surface area contributed by atoms with E-state index in [9.17, 15) is 30.3 Å². The summed E-state index contributed by atoms with van der Waals surface area (Å²) in [4.78, 5) is 15.9. The molecule has 0 amide bonds. The van der Waals surface area contributed by atoms with Crippen molar-refractivity contribution in [3.63, 3.8) is 0 Å². The molecule has 0 aromatic carbocycles. The first-order chi connectivity index (χ1) is 23.1. The summed E-state index contributed by atoms with van der Waals surface area (Å²) in [5.74, 6) is -3.04. The van der Waals surface area contributed by atoms with Crippen LogP contribution in [0.15, 0.2) is 0 Å². The SMILES string of the molecule is CO[C@]1(C)C[C@H](O[C@H]2[C@H](C)[C@@H](O[C@@H]3O[C@H](C)C[C@H](N(C)C)[C@H]3O)C(C)(O)C[C@H](C)CN[C@H](C)[C@@H](O)[C@@]3(O)C(C)[C@H]3OC(=O)[C@@H]2C)O[C@@H](C)[C@@H]1O. The van der Waals surface area contributed by atoms with Gasteiger partial charge in [0.25, 0.3) is 0 Å². The number of methoxy groups -OCH3 is 1. The molecule has 1 saturated carbocycles. The number of carbonyl (C=O) groups excluding carboxylic acids is 1. The quantitative estimate of drug-likeness (QED) is 0.212. The number of rotatable bonds is 6. The summed E-state index contributed by atoms with van der Waals surface area (Å²) >= 11 is 0. The van der Waals surface area contributed by atoms with Crippen molar-refractivity contribution in [3.8, 4) is 0 Å². The molecule has 0 radical (unpaired) electrons. The molecule has 14 nitrogen and oxygen atoms in total. The van der Waals surface area contributed by atoms with Crippen molar-refractivity contribution in [2.24, 2.45) is 23.7 Å². The summed E-state index contributed by atoms with van der Waals surface area (Å²) in [6.45, 7) is 16.4. The van der Waals surface area contributed by atoms with Crippen LogP contribution in [0.2, 0.25) is 0 Å². The lowest BCUT2D eigenvalue weighted by atomic mass is 9.77. The van der Waals surface area contributed by atoms with Gasteiger partial charge >= 0.3 is 5.97 Å². The second kappa shape index (κ2) is 15.8. The minimum atomic E-state index is -1.64. The van der Waals surface area contributed by atoms with Gasteiger partial charge in [-0.2, -0.15) is 0 Å². The Morgan fingerprint density at radius 3 is 2.16 bits per heavy atom. The monoisotopic (exact) mass is 718 g/mol. The molecule has 3 heterocycles. The van der Waals surface area contributed by atoms with Crippen LogP contribution in [0.1, 0.15) is 81.6 Å². The van der Waals surface area contributed by atoms with E-state index < -0.39 is 102 Å². The number of aliphatic hydroxyl groups is 5. The molecular weight excluding hydrogens is 652 g/mol. The zero-order chi connectivity index (χ0) is 37.7. The molecule has 0 bridgehead atoms. The molecule has 4 rings (SSSR count). The lowest BCUT2D eigenvalue weighted by Crippen LogP contribution is -2.60. The molecule has 19 atom stereocenters. The Labute approximate surface area is 298 Å². The maximum Gasteiger partial charge on any atom is 0.311 e. The van der Waals surface area contributed by atoms with Gasteiger partial charge in [-0.05, 0) is 80.9 Å². The number of hydrogen-bond acceptors (Lipinski definition) is 14. The van der Waals surface area contributed by atoms with Crippen molar-refractivity contribution in [2.45, 2.75) is 172 Å². The Bertz CT molecular complexity index is 1150. The molecular formula is C36H66N2O12. The fourth-order valence-electron chi connectivity index (χ4n) is 8.60. The number of hydrogen-bond donors (Lipinski definition) is 6. The van der Waals surface area contributed by atoms with E-state index in [1.165, 1.54) is 7.11 Å². The summed E-state index contributed by atoms with van der Waals surface area (Å²) in [5, 5.41) is 60.7. The number of esters is 1. The molecule has 0 aromatic rings. The van der Waals surface area contributed by atoms with E-state index in [0.717, 1.165) is 0 Å². The van der Waals surface area contributed by atoms with Crippen LogP contribution in [0.25, 0.3) is 0 Å². The van der Waals surface area contributed by atoms with E-state index in [1.54, 1.807) is 41.5 Å². The maximum atomic E-state index is 14.0. The molecule has 50 heavy (non-hydrogen) atoms. The van der Waals surface area contributed by atoms with E-state index in [2.05, 4.69) is 5.32 Å². The fourth-order valence-corrected chi connectivity index (χ4v) is 8.60. The van der Waals surface area contributed by atoms with Crippen LogP contribution in [0.3, 0.4) is 0 Å². The van der Waals surface area contributed by atoms with E-state index in [-0.39, 0.29) is 30.9 Å². The van der Waals surface area contributed by atoms with Gasteiger partial charge in [0.15, 0.2) is 12.6 Å². The van der Waals surface area contributed by atoms with E-state index in [0.29, 0.717) is 13.0 Å². The maximum absolute atomic E-state index is 14.0. The topological polar surface area (TPSA) is 189 Å². The first-order valence-corrected chi connectivity index (χ1v) is 18.3. The summed E-state index contributed by atoms with van der Waals surface area (Å²) in [7, 11) is 5.27. The van der Waals surface area contributed by atoms with Gasteiger partial charge in [-0.25, -0.2) is 0 Å². The van der Waals surface area contributed by atoms with Gasteiger partial charge in [0.05, 0.1) is 41.5 Å². The van der Waals surface area contributed by atoms with Crippen molar-refractivity contribution >= 4 is 5.97 Å². The third-order valence-electron chi connectivity index (χ3n) is 12.1. The number of nitrogens with one attached hydrogen (secondary N) is 1. The summed E-state index contributed by atoms with van der Waals surface area (Å²) in [5.41, 5.74) is -4.20. The van der Waals surface area contributed by atoms with Crippen LogP contribution in [0.4, 0.5) is 0 Å². The van der Waals surface area contributed by atoms with Gasteiger partial charge < -0.3 is 64.2 Å². The van der Waals surface area contributed by atoms with Crippen molar-refractivity contribution in [1.82, 2.24) is 10.2 Å². The number of carbonyl (C=O) groups is 1. The van der Waals surface area contributed by atoms with E-state index in [1.807, 2.05) is 39.8 Å². The molecule has 2 unspecified atom stereocenters. The normalized spacial score (nSPS) is 52.8. The highest BCUT2D eigenvalue weighted by molar-refractivity contribution is 5.73. The third kappa shape index (κ3) is 8.37.